The van der Waals surface area contributed by atoms with E-state index in [1.54, 1.807) is 28.9 Å². The van der Waals surface area contributed by atoms with E-state index in [-0.39, 0.29) is 6.10 Å². The molecule has 1 aromatic carbocycles. The van der Waals surface area contributed by atoms with Crippen LogP contribution < -0.4 is 0 Å². The van der Waals surface area contributed by atoms with Crippen LogP contribution in [-0.2, 0) is 14.8 Å². The van der Waals surface area contributed by atoms with Crippen LogP contribution in [0.15, 0.2) is 52.1 Å². The van der Waals surface area contributed by atoms with Crippen molar-refractivity contribution < 1.29 is 13.2 Å². The molecule has 1 aromatic heterocycles. The van der Waals surface area contributed by atoms with Gasteiger partial charge in [-0.1, -0.05) is 36.4 Å². The summed E-state index contributed by atoms with van der Waals surface area (Å²) in [4.78, 5) is 0. The highest BCUT2D eigenvalue weighted by Gasteiger charge is 2.33. The van der Waals surface area contributed by atoms with Crippen molar-refractivity contribution in [1.29, 1.82) is 0 Å². The van der Waals surface area contributed by atoms with Crippen molar-refractivity contribution in [3.8, 4) is 0 Å². The van der Waals surface area contributed by atoms with E-state index in [0.29, 0.717) is 23.2 Å². The number of nitrogens with zero attached hydrogens (tertiary/aromatic N) is 1. The maximum absolute atomic E-state index is 12.6. The number of hydrogen-bond donors (Lipinski definition) is 0. The number of ether oxygens (including phenoxy) is 1. The lowest BCUT2D eigenvalue weighted by atomic mass is 9.88. The molecule has 0 radical (unpaired) electrons. The summed E-state index contributed by atoms with van der Waals surface area (Å²) < 4.78 is 32.9. The van der Waals surface area contributed by atoms with Crippen molar-refractivity contribution in [2.45, 2.75) is 23.2 Å². The van der Waals surface area contributed by atoms with Crippen molar-refractivity contribution in [2.24, 2.45) is 5.92 Å². The number of methoxy groups -OCH3 is 1. The van der Waals surface area contributed by atoms with Crippen molar-refractivity contribution >= 4 is 21.4 Å². The molecule has 1 atom stereocenters. The molecule has 0 spiro atoms. The van der Waals surface area contributed by atoms with Crippen molar-refractivity contribution in [2.75, 3.05) is 20.2 Å². The van der Waals surface area contributed by atoms with Gasteiger partial charge in [-0.15, -0.1) is 11.3 Å². The van der Waals surface area contributed by atoms with Gasteiger partial charge >= 0.3 is 0 Å². The van der Waals surface area contributed by atoms with E-state index < -0.39 is 10.0 Å². The molecular weight excluding hydrogens is 330 g/mol. The quantitative estimate of drug-likeness (QED) is 0.828. The molecule has 0 N–H and O–H groups in total. The molecule has 0 bridgehead atoms. The molecule has 0 saturated carbocycles. The molecule has 2 heterocycles. The maximum Gasteiger partial charge on any atom is 0.252 e. The van der Waals surface area contributed by atoms with E-state index in [4.69, 9.17) is 4.74 Å². The van der Waals surface area contributed by atoms with E-state index in [1.165, 1.54) is 11.3 Å². The molecule has 1 saturated heterocycles. The normalized spacial score (nSPS) is 18.8. The molecule has 1 aliphatic heterocycles. The zero-order valence-electron chi connectivity index (χ0n) is 13.1. The van der Waals surface area contributed by atoms with Gasteiger partial charge in [-0.05, 0) is 35.8 Å². The van der Waals surface area contributed by atoms with Crippen LogP contribution in [0, 0.1) is 5.92 Å². The Labute approximate surface area is 141 Å². The molecular formula is C17H21NO3S2. The first-order chi connectivity index (χ1) is 11.1. The largest absolute Gasteiger partial charge is 0.376 e. The average Bonchev–Trinajstić information content (AvgIpc) is 3.12. The number of rotatable bonds is 5. The first kappa shape index (κ1) is 16.6. The first-order valence-electron chi connectivity index (χ1n) is 7.74. The van der Waals surface area contributed by atoms with Gasteiger partial charge in [-0.2, -0.15) is 4.31 Å². The second kappa shape index (κ2) is 7.13. The fraction of sp³-hybridized carbons (Fsp3) is 0.412. The summed E-state index contributed by atoms with van der Waals surface area (Å²) in [6.07, 6.45) is 1.67. The second-order valence-electron chi connectivity index (χ2n) is 5.74. The van der Waals surface area contributed by atoms with Crippen molar-refractivity contribution in [3.05, 3.63) is 53.4 Å². The molecule has 124 valence electrons. The Morgan fingerprint density at radius 1 is 1.13 bits per heavy atom. The van der Waals surface area contributed by atoms with Gasteiger partial charge < -0.3 is 4.74 Å². The first-order valence-corrected chi connectivity index (χ1v) is 10.1. The fourth-order valence-corrected chi connectivity index (χ4v) is 5.81. The Bertz CT molecular complexity index is 706. The zero-order chi connectivity index (χ0) is 16.3. The number of thiophene rings is 1. The van der Waals surface area contributed by atoms with E-state index in [1.807, 2.05) is 18.2 Å². The minimum atomic E-state index is -3.33. The lowest BCUT2D eigenvalue weighted by molar-refractivity contribution is 0.0304. The van der Waals surface area contributed by atoms with Gasteiger partial charge in [0, 0.05) is 20.2 Å². The van der Waals surface area contributed by atoms with E-state index >= 15 is 0 Å². The predicted molar refractivity (Wildman–Crippen MR) is 92.0 cm³/mol. The monoisotopic (exact) mass is 351 g/mol. The fourth-order valence-electron chi connectivity index (χ4n) is 3.20. The van der Waals surface area contributed by atoms with Gasteiger partial charge in [0.2, 0.25) is 0 Å². The Hall–Kier alpha value is -1.21. The van der Waals surface area contributed by atoms with Gasteiger partial charge in [0.15, 0.2) is 0 Å². The smallest absolute Gasteiger partial charge is 0.252 e. The van der Waals surface area contributed by atoms with Crippen LogP contribution in [0.2, 0.25) is 0 Å². The van der Waals surface area contributed by atoms with Crippen LogP contribution in [0.5, 0.6) is 0 Å². The molecule has 4 nitrogen and oxygen atoms in total. The van der Waals surface area contributed by atoms with Crippen molar-refractivity contribution in [1.82, 2.24) is 4.31 Å². The second-order valence-corrected chi connectivity index (χ2v) is 8.85. The lowest BCUT2D eigenvalue weighted by Crippen LogP contribution is -2.39. The highest BCUT2D eigenvalue weighted by molar-refractivity contribution is 7.91. The van der Waals surface area contributed by atoms with E-state index in [2.05, 4.69) is 12.1 Å². The number of piperidine rings is 1. The summed E-state index contributed by atoms with van der Waals surface area (Å²) in [5.41, 5.74) is 1.16. The molecule has 0 aliphatic carbocycles. The number of sulfonamides is 1. The van der Waals surface area contributed by atoms with Crippen LogP contribution >= 0.6 is 11.3 Å². The van der Waals surface area contributed by atoms with Crippen LogP contribution in [0.25, 0.3) is 0 Å². The molecule has 3 rings (SSSR count). The van der Waals surface area contributed by atoms with E-state index in [0.717, 1.165) is 18.4 Å². The highest BCUT2D eigenvalue weighted by atomic mass is 32.2. The Morgan fingerprint density at radius 3 is 2.39 bits per heavy atom. The van der Waals surface area contributed by atoms with E-state index in [9.17, 15) is 8.42 Å². The summed E-state index contributed by atoms with van der Waals surface area (Å²) in [5, 5.41) is 1.80. The predicted octanol–water partition coefficient (Wildman–Crippen LogP) is 3.54. The molecule has 1 aliphatic rings. The van der Waals surface area contributed by atoms with Crippen LogP contribution in [0.4, 0.5) is 0 Å². The maximum atomic E-state index is 12.6. The molecule has 23 heavy (non-hydrogen) atoms. The van der Waals surface area contributed by atoms with Crippen LogP contribution in [0.3, 0.4) is 0 Å². The van der Waals surface area contributed by atoms with Crippen LogP contribution in [0.1, 0.15) is 24.5 Å². The molecule has 1 unspecified atom stereocenters. The summed E-state index contributed by atoms with van der Waals surface area (Å²) in [5.74, 6) is 0.345. The summed E-state index contributed by atoms with van der Waals surface area (Å²) in [6, 6.07) is 13.6. The SMILES string of the molecule is COC(c1ccccc1)C1CCN(S(=O)(=O)c2cccs2)CC1. The number of benzene rings is 1. The summed E-state index contributed by atoms with van der Waals surface area (Å²) in [6.45, 7) is 1.11. The Balaban J connectivity index is 1.69. The minimum Gasteiger partial charge on any atom is -0.376 e. The third-order valence-corrected chi connectivity index (χ3v) is 7.67. The minimum absolute atomic E-state index is 0.0304. The van der Waals surface area contributed by atoms with Gasteiger partial charge in [0.1, 0.15) is 4.21 Å². The summed E-state index contributed by atoms with van der Waals surface area (Å²) in [7, 11) is -1.60. The molecule has 6 heteroatoms. The highest BCUT2D eigenvalue weighted by Crippen LogP contribution is 2.35. The number of hydrogen-bond acceptors (Lipinski definition) is 4. The van der Waals surface area contributed by atoms with Gasteiger partial charge in [-0.25, -0.2) is 8.42 Å². The topological polar surface area (TPSA) is 46.6 Å². The molecule has 1 fully saturated rings. The third kappa shape index (κ3) is 3.50. The van der Waals surface area contributed by atoms with Crippen LogP contribution in [-0.4, -0.2) is 32.9 Å². The molecule has 2 aromatic rings. The van der Waals surface area contributed by atoms with Crippen molar-refractivity contribution in [3.63, 3.8) is 0 Å². The summed E-state index contributed by atoms with van der Waals surface area (Å²) >= 11 is 1.28. The standard InChI is InChI=1S/C17H21NO3S2/c1-21-17(14-6-3-2-4-7-14)15-9-11-18(12-10-15)23(19,20)16-8-5-13-22-16/h2-8,13,15,17H,9-12H2,1H3. The Morgan fingerprint density at radius 2 is 1.83 bits per heavy atom. The Kier molecular flexibility index (Phi) is 5.16. The molecule has 0 amide bonds. The van der Waals surface area contributed by atoms with Gasteiger partial charge in [-0.3, -0.25) is 0 Å². The third-order valence-electron chi connectivity index (χ3n) is 4.40. The lowest BCUT2D eigenvalue weighted by Gasteiger charge is -2.34. The van der Waals surface area contributed by atoms with Gasteiger partial charge in [0.05, 0.1) is 6.10 Å². The van der Waals surface area contributed by atoms with Gasteiger partial charge in [0.25, 0.3) is 10.0 Å². The zero-order valence-corrected chi connectivity index (χ0v) is 14.7. The average molecular weight is 351 g/mol.